The van der Waals surface area contributed by atoms with Gasteiger partial charge in [0.25, 0.3) is 0 Å². The van der Waals surface area contributed by atoms with Crippen molar-refractivity contribution in [1.82, 2.24) is 14.9 Å². The van der Waals surface area contributed by atoms with Crippen LogP contribution in [0.15, 0.2) is 18.2 Å². The van der Waals surface area contributed by atoms with Gasteiger partial charge in [0, 0.05) is 42.4 Å². The average molecular weight is 655 g/mol. The number of ether oxygens (including phenoxy) is 2. The fraction of sp³-hybridized carbons (Fsp3) is 0.469. The van der Waals surface area contributed by atoms with Crippen molar-refractivity contribution < 1.29 is 22.6 Å². The number of aromatic nitrogens is 2. The molecule has 0 radical (unpaired) electrons. The van der Waals surface area contributed by atoms with Crippen LogP contribution in [-0.4, -0.2) is 71.6 Å². The van der Waals surface area contributed by atoms with Gasteiger partial charge in [0.2, 0.25) is 0 Å². The Morgan fingerprint density at radius 3 is 2.87 bits per heavy atom. The van der Waals surface area contributed by atoms with E-state index in [9.17, 15) is 14.0 Å². The van der Waals surface area contributed by atoms with Gasteiger partial charge in [-0.2, -0.15) is 15.2 Å². The minimum Gasteiger partial charge on any atom is -0.461 e. The van der Waals surface area contributed by atoms with Crippen molar-refractivity contribution in [2.24, 2.45) is 0 Å². The molecule has 6 heterocycles. The highest BCUT2D eigenvalue weighted by atomic mass is 35.5. The Balaban J connectivity index is 1.29. The van der Waals surface area contributed by atoms with Gasteiger partial charge < -0.3 is 20.1 Å². The number of nitrogen functional groups attached to an aromatic ring is 1. The van der Waals surface area contributed by atoms with E-state index in [1.54, 1.807) is 6.07 Å². The number of anilines is 2. The van der Waals surface area contributed by atoms with Crippen molar-refractivity contribution >= 4 is 54.7 Å². The highest BCUT2D eigenvalue weighted by Crippen LogP contribution is 2.46. The predicted molar refractivity (Wildman–Crippen MR) is 168 cm³/mol. The van der Waals surface area contributed by atoms with E-state index < -0.39 is 23.3 Å². The first kappa shape index (κ1) is 29.1. The molecule has 0 saturated carbocycles. The molecule has 2 aromatic carbocycles. The molecule has 0 spiro atoms. The fourth-order valence-electron chi connectivity index (χ4n) is 7.82. The third-order valence-corrected chi connectivity index (χ3v) is 11.2. The number of alkyl halides is 1. The fourth-order valence-corrected chi connectivity index (χ4v) is 9.07. The van der Waals surface area contributed by atoms with E-state index in [-0.39, 0.29) is 67.1 Å². The summed E-state index contributed by atoms with van der Waals surface area (Å²) in [4.78, 5) is 13.6. The molecule has 45 heavy (non-hydrogen) atoms. The largest absolute Gasteiger partial charge is 0.461 e. The number of benzene rings is 2. The summed E-state index contributed by atoms with van der Waals surface area (Å²) in [6.07, 6.45) is 4.16. The first-order valence-corrected chi connectivity index (χ1v) is 16.5. The van der Waals surface area contributed by atoms with Crippen LogP contribution in [0.2, 0.25) is 5.02 Å². The zero-order valence-corrected chi connectivity index (χ0v) is 25.9. The number of nitrogens with zero attached hydrogens (tertiary/aromatic N) is 5. The van der Waals surface area contributed by atoms with Crippen LogP contribution in [-0.2, 0) is 4.74 Å². The maximum atomic E-state index is 16.9. The summed E-state index contributed by atoms with van der Waals surface area (Å²) in [5.41, 5.74) is 5.89. The quantitative estimate of drug-likeness (QED) is 0.257. The minimum atomic E-state index is -0.923. The van der Waals surface area contributed by atoms with Gasteiger partial charge in [-0.3, -0.25) is 4.90 Å². The Bertz CT molecular complexity index is 1900. The van der Waals surface area contributed by atoms with Gasteiger partial charge in [-0.25, -0.2) is 13.2 Å². The number of hydrogen-bond acceptors (Lipinski definition) is 9. The molecular weight excluding hydrogens is 625 g/mol. The number of fused-ring (bicyclic) bond motifs is 5. The van der Waals surface area contributed by atoms with E-state index >= 15 is 4.39 Å². The van der Waals surface area contributed by atoms with Crippen molar-refractivity contribution in [3.8, 4) is 23.2 Å². The van der Waals surface area contributed by atoms with Crippen LogP contribution in [0.25, 0.3) is 32.1 Å². The summed E-state index contributed by atoms with van der Waals surface area (Å²) in [5.74, 6) is -0.827. The third kappa shape index (κ3) is 4.70. The monoisotopic (exact) mass is 654 g/mol. The van der Waals surface area contributed by atoms with Gasteiger partial charge in [0.1, 0.15) is 41.0 Å². The van der Waals surface area contributed by atoms with E-state index in [1.165, 1.54) is 12.1 Å². The molecule has 2 N–H and O–H groups in total. The Kier molecular flexibility index (Phi) is 7.02. The summed E-state index contributed by atoms with van der Waals surface area (Å²) >= 11 is 7.77. The van der Waals surface area contributed by atoms with Crippen molar-refractivity contribution in [3.63, 3.8) is 0 Å². The molecule has 8 rings (SSSR count). The summed E-state index contributed by atoms with van der Waals surface area (Å²) in [6, 6.07) is 6.27. The van der Waals surface area contributed by atoms with Gasteiger partial charge in [0.15, 0.2) is 5.82 Å². The van der Waals surface area contributed by atoms with Gasteiger partial charge in [-0.05, 0) is 56.3 Å². The first-order valence-electron chi connectivity index (χ1n) is 15.3. The number of thiophene rings is 1. The normalized spacial score (nSPS) is 26.5. The van der Waals surface area contributed by atoms with Crippen LogP contribution in [0.1, 0.15) is 44.1 Å². The number of rotatable bonds is 5. The van der Waals surface area contributed by atoms with E-state index in [4.69, 9.17) is 31.8 Å². The second-order valence-electron chi connectivity index (χ2n) is 12.6. The van der Waals surface area contributed by atoms with Crippen LogP contribution < -0.4 is 15.4 Å². The molecule has 4 aliphatic heterocycles. The highest BCUT2D eigenvalue weighted by Gasteiger charge is 2.49. The molecule has 234 valence electrons. The molecular formula is C32H30ClF3N6O2S. The second kappa shape index (κ2) is 10.9. The van der Waals surface area contributed by atoms with Gasteiger partial charge in [-0.15, -0.1) is 11.3 Å². The van der Waals surface area contributed by atoms with Gasteiger partial charge in [-0.1, -0.05) is 17.7 Å². The minimum absolute atomic E-state index is 0.00900. The molecule has 2 aromatic heterocycles. The molecule has 13 heteroatoms. The first-order chi connectivity index (χ1) is 21.7. The Labute approximate surface area is 266 Å². The van der Waals surface area contributed by atoms with E-state index in [2.05, 4.69) is 14.8 Å². The van der Waals surface area contributed by atoms with E-state index in [0.29, 0.717) is 37.3 Å². The summed E-state index contributed by atoms with van der Waals surface area (Å²) in [5, 5.41) is 10.6. The number of nitriles is 1. The van der Waals surface area contributed by atoms with Crippen LogP contribution in [0.4, 0.5) is 24.0 Å². The lowest BCUT2D eigenvalue weighted by molar-refractivity contribution is 0.0580. The van der Waals surface area contributed by atoms with Crippen molar-refractivity contribution in [1.29, 1.82) is 5.26 Å². The molecule has 4 atom stereocenters. The molecule has 4 saturated heterocycles. The molecule has 2 bridgehead atoms. The zero-order valence-electron chi connectivity index (χ0n) is 24.3. The van der Waals surface area contributed by atoms with E-state index in [0.717, 1.165) is 50.0 Å². The maximum Gasteiger partial charge on any atom is 0.319 e. The highest BCUT2D eigenvalue weighted by molar-refractivity contribution is 7.23. The Hall–Kier alpha value is -3.37. The lowest BCUT2D eigenvalue weighted by atomic mass is 9.95. The Morgan fingerprint density at radius 2 is 2.02 bits per heavy atom. The van der Waals surface area contributed by atoms with E-state index in [1.807, 2.05) is 6.07 Å². The summed E-state index contributed by atoms with van der Waals surface area (Å²) in [6.45, 7) is 2.59. The molecule has 8 nitrogen and oxygen atoms in total. The molecule has 4 aliphatic rings. The van der Waals surface area contributed by atoms with Crippen molar-refractivity contribution in [2.45, 2.75) is 62.4 Å². The van der Waals surface area contributed by atoms with Crippen molar-refractivity contribution in [2.75, 3.05) is 43.4 Å². The standard InChI is InChI=1S/C32H30ClF3N6O2S/c33-22-10-20-27(26(36)25(22)19-4-5-23(35)28-24(19)21(12-37)29(38)45-28)39-31(43-15-32-7-1-8-42(32)13-16(34)11-32)40-30(20)41-9-6-17-2-3-18(14-41)44-17/h4-5,10,16-18H,1-3,6-9,11,13-15,38H2/t16-,17?,18?,32+/m1/s1. The smallest absolute Gasteiger partial charge is 0.319 e. The number of nitrogens with two attached hydrogens (primary N) is 1. The van der Waals surface area contributed by atoms with Crippen LogP contribution in [0, 0.1) is 23.0 Å². The SMILES string of the molecule is N#Cc1c(N)sc2c(F)ccc(-c3c(Cl)cc4c(N5CCC6CCC(C5)O6)nc(OC[C@@]56CCCN5C[C@H](F)C6)nc4c3F)c12. The van der Waals surface area contributed by atoms with Crippen molar-refractivity contribution in [3.05, 3.63) is 40.4 Å². The second-order valence-corrected chi connectivity index (χ2v) is 14.0. The van der Waals surface area contributed by atoms with Gasteiger partial charge in [0.05, 0.1) is 33.0 Å². The lowest BCUT2D eigenvalue weighted by Crippen LogP contribution is -2.43. The maximum absolute atomic E-state index is 16.9. The topological polar surface area (TPSA) is 101 Å². The van der Waals surface area contributed by atoms with Crippen LogP contribution in [0.3, 0.4) is 0 Å². The molecule has 0 aliphatic carbocycles. The average Bonchev–Trinajstić information content (AvgIpc) is 3.73. The van der Waals surface area contributed by atoms with Gasteiger partial charge >= 0.3 is 6.01 Å². The molecule has 2 unspecified atom stereocenters. The predicted octanol–water partition coefficient (Wildman–Crippen LogP) is 6.61. The third-order valence-electron chi connectivity index (χ3n) is 9.91. The molecule has 4 aromatic rings. The lowest BCUT2D eigenvalue weighted by Gasteiger charge is -2.31. The summed E-state index contributed by atoms with van der Waals surface area (Å²) < 4.78 is 58.8. The Morgan fingerprint density at radius 1 is 1.18 bits per heavy atom. The zero-order chi connectivity index (χ0) is 31.0. The summed E-state index contributed by atoms with van der Waals surface area (Å²) in [7, 11) is 0. The number of hydrogen-bond donors (Lipinski definition) is 1. The molecule has 4 fully saturated rings. The number of halogens is 4. The van der Waals surface area contributed by atoms with Crippen LogP contribution in [0.5, 0.6) is 6.01 Å². The van der Waals surface area contributed by atoms with Crippen LogP contribution >= 0.6 is 22.9 Å². The molecule has 0 amide bonds.